The average Bonchev–Trinajstić information content (AvgIpc) is 3.41. The Bertz CT molecular complexity index is 1400. The smallest absolute Gasteiger partial charge is 0.490 e. The fourth-order valence-electron chi connectivity index (χ4n) is 4.95. The first-order chi connectivity index (χ1) is 17.9. The number of likely N-dealkylation sites (tertiary alicyclic amines) is 1. The molecule has 0 radical (unpaired) electrons. The molecule has 2 aromatic carbocycles. The molecule has 2 aliphatic heterocycles. The highest BCUT2D eigenvalue weighted by Gasteiger charge is 2.44. The maximum absolute atomic E-state index is 11.6. The molecule has 1 unspecified atom stereocenters. The first-order valence-corrected chi connectivity index (χ1v) is 13.8. The minimum absolute atomic E-state index is 0.0935. The Kier molecular flexibility index (Phi) is 7.90. The SMILES string of the molecule is CS(=O)(=O)Nc1ccc2[nH]c3c(c2c1)CCNC31CCN(CCOc2ccccc2)C1.O=C(O)C(F)(F)F. The van der Waals surface area contributed by atoms with Gasteiger partial charge in [-0.25, -0.2) is 13.2 Å². The summed E-state index contributed by atoms with van der Waals surface area (Å²) in [5.41, 5.74) is 4.11. The van der Waals surface area contributed by atoms with Gasteiger partial charge in [-0.05, 0) is 48.7 Å². The largest absolute Gasteiger partial charge is 0.492 e. The molecule has 1 aromatic heterocycles. The van der Waals surface area contributed by atoms with Crippen LogP contribution in [0.2, 0.25) is 0 Å². The molecule has 1 atom stereocenters. The molecule has 1 fully saturated rings. The van der Waals surface area contributed by atoms with Crippen molar-refractivity contribution in [1.82, 2.24) is 15.2 Å². The molecule has 3 heterocycles. The molecule has 1 spiro atoms. The highest BCUT2D eigenvalue weighted by atomic mass is 32.2. The molecular formula is C25H29F3N4O5S. The number of nitrogens with zero attached hydrogens (tertiary/aromatic N) is 1. The van der Waals surface area contributed by atoms with Crippen molar-refractivity contribution in [1.29, 1.82) is 0 Å². The van der Waals surface area contributed by atoms with Crippen LogP contribution in [0, 0.1) is 0 Å². The second kappa shape index (κ2) is 10.8. The molecule has 2 aliphatic rings. The summed E-state index contributed by atoms with van der Waals surface area (Å²) >= 11 is 0. The van der Waals surface area contributed by atoms with Crippen molar-refractivity contribution in [3.63, 3.8) is 0 Å². The number of aromatic amines is 1. The predicted octanol–water partition coefficient (Wildman–Crippen LogP) is 3.30. The number of hydrogen-bond acceptors (Lipinski definition) is 6. The summed E-state index contributed by atoms with van der Waals surface area (Å²) in [6.45, 7) is 4.41. The van der Waals surface area contributed by atoms with Crippen LogP contribution >= 0.6 is 0 Å². The van der Waals surface area contributed by atoms with Crippen molar-refractivity contribution >= 4 is 32.6 Å². The van der Waals surface area contributed by atoms with Gasteiger partial charge in [0.1, 0.15) is 12.4 Å². The Labute approximate surface area is 218 Å². The summed E-state index contributed by atoms with van der Waals surface area (Å²) < 4.78 is 63.5. The molecule has 0 saturated carbocycles. The third kappa shape index (κ3) is 6.58. The zero-order valence-corrected chi connectivity index (χ0v) is 21.5. The summed E-state index contributed by atoms with van der Waals surface area (Å²) in [6.07, 6.45) is -1.94. The number of H-pyrrole nitrogens is 1. The van der Waals surface area contributed by atoms with Gasteiger partial charge in [-0.2, -0.15) is 13.2 Å². The summed E-state index contributed by atoms with van der Waals surface area (Å²) in [7, 11) is -3.30. The molecule has 206 valence electrons. The van der Waals surface area contributed by atoms with Gasteiger partial charge in [0.2, 0.25) is 10.0 Å². The molecule has 0 amide bonds. The lowest BCUT2D eigenvalue weighted by Crippen LogP contribution is -2.49. The number of rotatable bonds is 6. The monoisotopic (exact) mass is 554 g/mol. The average molecular weight is 555 g/mol. The molecule has 3 aromatic rings. The van der Waals surface area contributed by atoms with E-state index < -0.39 is 22.2 Å². The van der Waals surface area contributed by atoms with Gasteiger partial charge in [0, 0.05) is 48.5 Å². The van der Waals surface area contributed by atoms with E-state index in [0.717, 1.165) is 55.7 Å². The Morgan fingerprint density at radius 1 is 1.21 bits per heavy atom. The second-order valence-corrected chi connectivity index (χ2v) is 11.1. The van der Waals surface area contributed by atoms with Gasteiger partial charge in [0.15, 0.2) is 0 Å². The van der Waals surface area contributed by atoms with Crippen LogP contribution in [-0.4, -0.2) is 74.6 Å². The van der Waals surface area contributed by atoms with E-state index >= 15 is 0 Å². The van der Waals surface area contributed by atoms with Crippen LogP contribution in [0.4, 0.5) is 18.9 Å². The number of aromatic nitrogens is 1. The van der Waals surface area contributed by atoms with E-state index in [1.54, 1.807) is 0 Å². The van der Waals surface area contributed by atoms with Crippen molar-refractivity contribution < 1.29 is 36.2 Å². The quantitative estimate of drug-likeness (QED) is 0.369. The van der Waals surface area contributed by atoms with Crippen molar-refractivity contribution in [2.45, 2.75) is 24.6 Å². The van der Waals surface area contributed by atoms with Gasteiger partial charge in [-0.15, -0.1) is 0 Å². The van der Waals surface area contributed by atoms with Crippen molar-refractivity contribution in [2.75, 3.05) is 43.8 Å². The van der Waals surface area contributed by atoms with Crippen LogP contribution in [0.25, 0.3) is 10.9 Å². The molecule has 0 bridgehead atoms. The predicted molar refractivity (Wildman–Crippen MR) is 137 cm³/mol. The molecule has 0 aliphatic carbocycles. The van der Waals surface area contributed by atoms with Gasteiger partial charge in [-0.3, -0.25) is 9.62 Å². The van der Waals surface area contributed by atoms with Crippen LogP contribution in [0.3, 0.4) is 0 Å². The number of carbonyl (C=O) groups is 1. The second-order valence-electron chi connectivity index (χ2n) is 9.36. The minimum atomic E-state index is -5.08. The number of aliphatic carboxylic acids is 1. The van der Waals surface area contributed by atoms with E-state index in [-0.39, 0.29) is 5.54 Å². The van der Waals surface area contributed by atoms with Gasteiger partial charge in [0.25, 0.3) is 0 Å². The lowest BCUT2D eigenvalue weighted by molar-refractivity contribution is -0.192. The summed E-state index contributed by atoms with van der Waals surface area (Å²) in [5.74, 6) is -1.85. The van der Waals surface area contributed by atoms with Gasteiger partial charge in [-0.1, -0.05) is 18.2 Å². The summed E-state index contributed by atoms with van der Waals surface area (Å²) in [6, 6.07) is 15.7. The van der Waals surface area contributed by atoms with Crippen molar-refractivity contribution in [3.05, 3.63) is 59.8 Å². The van der Waals surface area contributed by atoms with E-state index in [0.29, 0.717) is 12.3 Å². The third-order valence-electron chi connectivity index (χ3n) is 6.54. The fourth-order valence-corrected chi connectivity index (χ4v) is 5.50. The third-order valence-corrected chi connectivity index (χ3v) is 7.14. The lowest BCUT2D eigenvalue weighted by atomic mass is 9.86. The van der Waals surface area contributed by atoms with Crippen molar-refractivity contribution in [3.8, 4) is 5.75 Å². The number of fused-ring (bicyclic) bond motifs is 4. The molecule has 4 N–H and O–H groups in total. The van der Waals surface area contributed by atoms with Crippen LogP contribution in [0.15, 0.2) is 48.5 Å². The maximum Gasteiger partial charge on any atom is 0.490 e. The molecule has 13 heteroatoms. The van der Waals surface area contributed by atoms with Gasteiger partial charge < -0.3 is 20.1 Å². The van der Waals surface area contributed by atoms with Gasteiger partial charge in [0.05, 0.1) is 11.8 Å². The lowest BCUT2D eigenvalue weighted by Gasteiger charge is -2.35. The zero-order valence-electron chi connectivity index (χ0n) is 20.6. The number of benzene rings is 2. The number of para-hydroxylation sites is 1. The van der Waals surface area contributed by atoms with Crippen LogP contribution in [0.5, 0.6) is 5.75 Å². The zero-order chi connectivity index (χ0) is 27.6. The highest BCUT2D eigenvalue weighted by molar-refractivity contribution is 7.92. The first-order valence-electron chi connectivity index (χ1n) is 11.9. The number of anilines is 1. The first kappa shape index (κ1) is 27.7. The number of carboxylic acid groups (broad SMARTS) is 1. The van der Waals surface area contributed by atoms with Crippen LogP contribution in [0.1, 0.15) is 17.7 Å². The summed E-state index contributed by atoms with van der Waals surface area (Å²) in [5, 5.41) is 12.0. The van der Waals surface area contributed by atoms with E-state index in [1.165, 1.54) is 17.5 Å². The normalized spacial score (nSPS) is 19.6. The molecular weight excluding hydrogens is 525 g/mol. The number of carboxylic acids is 1. The Morgan fingerprint density at radius 3 is 2.58 bits per heavy atom. The van der Waals surface area contributed by atoms with Crippen molar-refractivity contribution in [2.24, 2.45) is 0 Å². The van der Waals surface area contributed by atoms with E-state index in [2.05, 4.69) is 19.9 Å². The number of nitrogens with one attached hydrogen (secondary N) is 3. The Hall–Kier alpha value is -3.29. The van der Waals surface area contributed by atoms with E-state index in [9.17, 15) is 21.6 Å². The topological polar surface area (TPSA) is 124 Å². The Morgan fingerprint density at radius 2 is 1.92 bits per heavy atom. The maximum atomic E-state index is 11.6. The number of halogens is 3. The number of sulfonamides is 1. The summed E-state index contributed by atoms with van der Waals surface area (Å²) in [4.78, 5) is 15.0. The number of ether oxygens (including phenoxy) is 1. The number of alkyl halides is 3. The van der Waals surface area contributed by atoms with Crippen LogP contribution in [-0.2, 0) is 26.8 Å². The minimum Gasteiger partial charge on any atom is -0.492 e. The van der Waals surface area contributed by atoms with E-state index in [1.807, 2.05) is 48.5 Å². The highest BCUT2D eigenvalue weighted by Crippen LogP contribution is 2.40. The molecule has 1 saturated heterocycles. The number of hydrogen-bond donors (Lipinski definition) is 4. The molecule has 38 heavy (non-hydrogen) atoms. The van der Waals surface area contributed by atoms with Gasteiger partial charge >= 0.3 is 12.1 Å². The Balaban J connectivity index is 0.000000426. The molecule has 9 nitrogen and oxygen atoms in total. The molecule has 5 rings (SSSR count). The van der Waals surface area contributed by atoms with Crippen LogP contribution < -0.4 is 14.8 Å². The fraction of sp³-hybridized carbons (Fsp3) is 0.400. The standard InChI is InChI=1S/C23H28N4O3S.C2HF3O2/c1-31(28,29)26-17-7-8-21-20(15-17)19-9-11-24-23(22(19)25-21)10-12-27(16-23)13-14-30-18-5-3-2-4-6-18;3-2(4,5)1(6)7/h2-8,15,24-26H,9-14,16H2,1H3;(H,6,7). The van der Waals surface area contributed by atoms with E-state index in [4.69, 9.17) is 14.6 Å².